The second-order valence-electron chi connectivity index (χ2n) is 9.16. The van der Waals surface area contributed by atoms with Crippen molar-refractivity contribution in [2.45, 2.75) is 104 Å². The van der Waals surface area contributed by atoms with Crippen molar-refractivity contribution in [3.8, 4) is 17.1 Å². The van der Waals surface area contributed by atoms with E-state index >= 15 is 0 Å². The molecule has 0 bridgehead atoms. The van der Waals surface area contributed by atoms with Crippen molar-refractivity contribution < 1.29 is 9.13 Å². The standard InChI is InChI=1S/C28H43FN2O/c1-4-6-7-8-9-10-11-14-24-20-30-28(31-21-24)25-16-18-27(19-17-25)32-22-26(29)15-12-13-23(3)5-2/h16-21,23,26H,4-15,22H2,1-3H3. The van der Waals surface area contributed by atoms with E-state index in [4.69, 9.17) is 4.74 Å². The van der Waals surface area contributed by atoms with Crippen LogP contribution in [-0.4, -0.2) is 22.7 Å². The van der Waals surface area contributed by atoms with E-state index in [2.05, 4.69) is 30.7 Å². The molecule has 2 unspecified atom stereocenters. The number of unbranched alkanes of at least 4 members (excludes halogenated alkanes) is 6. The molecule has 0 saturated heterocycles. The maximum Gasteiger partial charge on any atom is 0.159 e. The highest BCUT2D eigenvalue weighted by atomic mass is 19.1. The highest BCUT2D eigenvalue weighted by Gasteiger charge is 2.09. The summed E-state index contributed by atoms with van der Waals surface area (Å²) in [5, 5.41) is 0. The Morgan fingerprint density at radius 1 is 0.844 bits per heavy atom. The first kappa shape index (κ1) is 26.3. The molecule has 3 nitrogen and oxygen atoms in total. The van der Waals surface area contributed by atoms with Crippen LogP contribution < -0.4 is 4.74 Å². The Morgan fingerprint density at radius 2 is 1.50 bits per heavy atom. The number of nitrogens with zero attached hydrogens (tertiary/aromatic N) is 2. The van der Waals surface area contributed by atoms with Crippen molar-refractivity contribution in [3.63, 3.8) is 0 Å². The van der Waals surface area contributed by atoms with Crippen molar-refractivity contribution in [2.75, 3.05) is 6.61 Å². The third-order valence-corrected chi connectivity index (χ3v) is 6.23. The second-order valence-corrected chi connectivity index (χ2v) is 9.16. The third kappa shape index (κ3) is 10.6. The Kier molecular flexibility index (Phi) is 13.0. The first-order valence-corrected chi connectivity index (χ1v) is 12.8. The van der Waals surface area contributed by atoms with Gasteiger partial charge >= 0.3 is 0 Å². The van der Waals surface area contributed by atoms with Gasteiger partial charge in [0.05, 0.1) is 0 Å². The van der Waals surface area contributed by atoms with Gasteiger partial charge in [0, 0.05) is 18.0 Å². The quantitative estimate of drug-likeness (QED) is 0.231. The monoisotopic (exact) mass is 442 g/mol. The number of rotatable bonds is 17. The van der Waals surface area contributed by atoms with Crippen molar-refractivity contribution >= 4 is 0 Å². The minimum absolute atomic E-state index is 0.115. The third-order valence-electron chi connectivity index (χ3n) is 6.23. The van der Waals surface area contributed by atoms with E-state index in [1.54, 1.807) is 0 Å². The van der Waals surface area contributed by atoms with Crippen LogP contribution in [0.4, 0.5) is 4.39 Å². The first-order chi connectivity index (χ1) is 15.6. The van der Waals surface area contributed by atoms with E-state index in [0.717, 1.165) is 31.2 Å². The van der Waals surface area contributed by atoms with Gasteiger partial charge in [0.2, 0.25) is 0 Å². The molecule has 32 heavy (non-hydrogen) atoms. The number of hydrogen-bond donors (Lipinski definition) is 0. The molecule has 0 aliphatic carbocycles. The van der Waals surface area contributed by atoms with Gasteiger partial charge in [-0.3, -0.25) is 0 Å². The largest absolute Gasteiger partial charge is 0.491 e. The van der Waals surface area contributed by atoms with Crippen LogP contribution in [0.1, 0.15) is 97.0 Å². The van der Waals surface area contributed by atoms with Gasteiger partial charge in [-0.2, -0.15) is 0 Å². The molecule has 1 aromatic carbocycles. The lowest BCUT2D eigenvalue weighted by molar-refractivity contribution is 0.182. The maximum atomic E-state index is 14.1. The van der Waals surface area contributed by atoms with Crippen LogP contribution in [0.15, 0.2) is 36.7 Å². The van der Waals surface area contributed by atoms with E-state index in [9.17, 15) is 4.39 Å². The molecular weight excluding hydrogens is 399 g/mol. The summed E-state index contributed by atoms with van der Waals surface area (Å²) >= 11 is 0. The minimum atomic E-state index is -0.911. The summed E-state index contributed by atoms with van der Waals surface area (Å²) in [6.07, 6.45) is 16.9. The summed E-state index contributed by atoms with van der Waals surface area (Å²) in [5.74, 6) is 2.08. The summed E-state index contributed by atoms with van der Waals surface area (Å²) in [6.45, 7) is 6.77. The Balaban J connectivity index is 1.69. The first-order valence-electron chi connectivity index (χ1n) is 12.8. The van der Waals surface area contributed by atoms with Gasteiger partial charge in [0.1, 0.15) is 18.5 Å². The van der Waals surface area contributed by atoms with E-state index < -0.39 is 6.17 Å². The highest BCUT2D eigenvalue weighted by Crippen LogP contribution is 2.21. The molecule has 2 aromatic rings. The molecule has 0 aliphatic heterocycles. The van der Waals surface area contributed by atoms with Crippen LogP contribution >= 0.6 is 0 Å². The molecule has 1 aromatic heterocycles. The lowest BCUT2D eigenvalue weighted by Crippen LogP contribution is -2.13. The van der Waals surface area contributed by atoms with E-state index in [0.29, 0.717) is 23.9 Å². The number of aryl methyl sites for hydroxylation is 1. The van der Waals surface area contributed by atoms with Gasteiger partial charge < -0.3 is 4.74 Å². The molecule has 0 amide bonds. The molecule has 0 radical (unpaired) electrons. The highest BCUT2D eigenvalue weighted by molar-refractivity contribution is 5.55. The van der Waals surface area contributed by atoms with Crippen LogP contribution in [0, 0.1) is 5.92 Å². The topological polar surface area (TPSA) is 35.0 Å². The summed E-state index contributed by atoms with van der Waals surface area (Å²) in [6, 6.07) is 7.63. The van der Waals surface area contributed by atoms with Crippen LogP contribution in [-0.2, 0) is 6.42 Å². The molecule has 2 atom stereocenters. The fourth-order valence-electron chi connectivity index (χ4n) is 3.78. The molecule has 4 heteroatoms. The Morgan fingerprint density at radius 3 is 2.16 bits per heavy atom. The molecule has 0 N–H and O–H groups in total. The zero-order chi connectivity index (χ0) is 23.0. The summed E-state index contributed by atoms with van der Waals surface area (Å²) in [7, 11) is 0. The molecule has 0 saturated carbocycles. The fraction of sp³-hybridized carbons (Fsp3) is 0.643. The van der Waals surface area contributed by atoms with Crippen molar-refractivity contribution in [1.82, 2.24) is 9.97 Å². The molecule has 0 aliphatic rings. The number of ether oxygens (including phenoxy) is 1. The predicted molar refractivity (Wildman–Crippen MR) is 133 cm³/mol. The van der Waals surface area contributed by atoms with Crippen LogP contribution in [0.2, 0.25) is 0 Å². The Labute approximate surface area is 195 Å². The molecule has 2 rings (SSSR count). The summed E-state index contributed by atoms with van der Waals surface area (Å²) in [4.78, 5) is 9.07. The molecule has 1 heterocycles. The van der Waals surface area contributed by atoms with E-state index in [1.807, 2.05) is 36.7 Å². The SMILES string of the molecule is CCCCCCCCCc1cnc(-c2ccc(OCC(F)CCCC(C)CC)cc2)nc1. The fourth-order valence-corrected chi connectivity index (χ4v) is 3.78. The molecule has 0 spiro atoms. The minimum Gasteiger partial charge on any atom is -0.491 e. The normalized spacial score (nSPS) is 13.1. The van der Waals surface area contributed by atoms with Gasteiger partial charge in [-0.15, -0.1) is 0 Å². The maximum absolute atomic E-state index is 14.1. The van der Waals surface area contributed by atoms with Gasteiger partial charge in [-0.25, -0.2) is 14.4 Å². The predicted octanol–water partition coefficient (Wildman–Crippen LogP) is 8.37. The average Bonchev–Trinajstić information content (AvgIpc) is 2.83. The second kappa shape index (κ2) is 15.8. The van der Waals surface area contributed by atoms with Crippen molar-refractivity contribution in [2.24, 2.45) is 5.92 Å². The Hall–Kier alpha value is -1.97. The summed E-state index contributed by atoms with van der Waals surface area (Å²) < 4.78 is 19.7. The smallest absolute Gasteiger partial charge is 0.159 e. The zero-order valence-corrected chi connectivity index (χ0v) is 20.5. The number of halogens is 1. The lowest BCUT2D eigenvalue weighted by atomic mass is 10.0. The molecule has 178 valence electrons. The van der Waals surface area contributed by atoms with Crippen LogP contribution in [0.3, 0.4) is 0 Å². The van der Waals surface area contributed by atoms with Crippen molar-refractivity contribution in [1.29, 1.82) is 0 Å². The average molecular weight is 443 g/mol. The van der Waals surface area contributed by atoms with Gasteiger partial charge in [0.25, 0.3) is 0 Å². The number of benzene rings is 1. The van der Waals surface area contributed by atoms with Gasteiger partial charge in [-0.05, 0) is 55.0 Å². The number of hydrogen-bond acceptors (Lipinski definition) is 3. The van der Waals surface area contributed by atoms with Crippen LogP contribution in [0.25, 0.3) is 11.4 Å². The van der Waals surface area contributed by atoms with Gasteiger partial charge in [-0.1, -0.05) is 78.6 Å². The molecule has 0 fully saturated rings. The number of alkyl halides is 1. The summed E-state index contributed by atoms with van der Waals surface area (Å²) in [5.41, 5.74) is 2.15. The Bertz CT molecular complexity index is 717. The zero-order valence-electron chi connectivity index (χ0n) is 20.5. The van der Waals surface area contributed by atoms with Gasteiger partial charge in [0.15, 0.2) is 5.82 Å². The van der Waals surface area contributed by atoms with E-state index in [-0.39, 0.29) is 6.61 Å². The number of aromatic nitrogens is 2. The molecular formula is C28H43FN2O. The van der Waals surface area contributed by atoms with Crippen LogP contribution in [0.5, 0.6) is 5.75 Å². The lowest BCUT2D eigenvalue weighted by Gasteiger charge is -2.12. The van der Waals surface area contributed by atoms with Crippen molar-refractivity contribution in [3.05, 3.63) is 42.2 Å². The van der Waals surface area contributed by atoms with E-state index in [1.165, 1.54) is 50.5 Å².